The van der Waals surface area contributed by atoms with Gasteiger partial charge in [-0.2, -0.15) is 5.10 Å². The monoisotopic (exact) mass is 288 g/mol. The first-order chi connectivity index (χ1) is 10.2. The van der Waals surface area contributed by atoms with E-state index in [1.54, 1.807) is 6.20 Å². The molecule has 1 aliphatic carbocycles. The summed E-state index contributed by atoms with van der Waals surface area (Å²) in [5, 5.41) is 4.42. The third-order valence-corrected chi connectivity index (χ3v) is 4.75. The van der Waals surface area contributed by atoms with Gasteiger partial charge in [0.2, 0.25) is 11.8 Å². The number of hydrogen-bond acceptors (Lipinski definition) is 3. The SMILES string of the molecule is O=C(C1CC1)N1CCC(n2cc(N3CCCC3=O)cn2)C1. The smallest absolute Gasteiger partial charge is 0.227 e. The molecule has 3 fully saturated rings. The van der Waals surface area contributed by atoms with E-state index in [1.807, 2.05) is 20.7 Å². The summed E-state index contributed by atoms with van der Waals surface area (Å²) in [7, 11) is 0. The Hall–Kier alpha value is -1.85. The molecule has 1 aromatic heterocycles. The first kappa shape index (κ1) is 12.9. The van der Waals surface area contributed by atoms with Gasteiger partial charge in [0.15, 0.2) is 0 Å². The Morgan fingerprint density at radius 1 is 1.24 bits per heavy atom. The molecular formula is C15H20N4O2. The zero-order chi connectivity index (χ0) is 14.4. The molecule has 6 nitrogen and oxygen atoms in total. The number of aromatic nitrogens is 2. The third-order valence-electron chi connectivity index (χ3n) is 4.75. The molecule has 21 heavy (non-hydrogen) atoms. The molecule has 0 spiro atoms. The number of nitrogens with zero attached hydrogens (tertiary/aromatic N) is 4. The van der Waals surface area contributed by atoms with Crippen LogP contribution in [0.25, 0.3) is 0 Å². The van der Waals surface area contributed by atoms with E-state index in [9.17, 15) is 9.59 Å². The highest BCUT2D eigenvalue weighted by atomic mass is 16.2. The van der Waals surface area contributed by atoms with Crippen LogP contribution in [-0.2, 0) is 9.59 Å². The molecule has 1 aromatic rings. The maximum absolute atomic E-state index is 12.1. The number of rotatable bonds is 3. The van der Waals surface area contributed by atoms with Crippen LogP contribution in [0.2, 0.25) is 0 Å². The molecule has 3 aliphatic rings. The standard InChI is InChI=1S/C15H20N4O2/c20-14-2-1-6-18(14)13-8-16-19(10-13)12-5-7-17(9-12)15(21)11-3-4-11/h8,10-12H,1-7,9H2. The molecule has 1 saturated carbocycles. The molecule has 0 radical (unpaired) electrons. The zero-order valence-corrected chi connectivity index (χ0v) is 12.1. The van der Waals surface area contributed by atoms with E-state index in [0.717, 1.165) is 51.0 Å². The number of carbonyl (C=O) groups is 2. The fourth-order valence-electron chi connectivity index (χ4n) is 3.33. The lowest BCUT2D eigenvalue weighted by Crippen LogP contribution is -2.30. The highest BCUT2D eigenvalue weighted by molar-refractivity contribution is 5.95. The predicted molar refractivity (Wildman–Crippen MR) is 76.8 cm³/mol. The molecule has 2 saturated heterocycles. The van der Waals surface area contributed by atoms with E-state index in [-0.39, 0.29) is 11.9 Å². The summed E-state index contributed by atoms with van der Waals surface area (Å²) in [5.41, 5.74) is 0.893. The van der Waals surface area contributed by atoms with Crippen LogP contribution in [0, 0.1) is 5.92 Å². The number of likely N-dealkylation sites (tertiary alicyclic amines) is 1. The lowest BCUT2D eigenvalue weighted by Gasteiger charge is -2.16. The van der Waals surface area contributed by atoms with Crippen LogP contribution in [0.1, 0.15) is 38.1 Å². The van der Waals surface area contributed by atoms with Crippen LogP contribution in [0.15, 0.2) is 12.4 Å². The maximum atomic E-state index is 12.1. The number of amides is 2. The van der Waals surface area contributed by atoms with Crippen molar-refractivity contribution in [3.63, 3.8) is 0 Å². The topological polar surface area (TPSA) is 58.4 Å². The van der Waals surface area contributed by atoms with E-state index in [1.165, 1.54) is 0 Å². The number of hydrogen-bond donors (Lipinski definition) is 0. The largest absolute Gasteiger partial charge is 0.340 e. The van der Waals surface area contributed by atoms with Crippen molar-refractivity contribution < 1.29 is 9.59 Å². The second kappa shape index (κ2) is 4.86. The third kappa shape index (κ3) is 2.32. The fourth-order valence-corrected chi connectivity index (χ4v) is 3.33. The first-order valence-electron chi connectivity index (χ1n) is 7.85. The van der Waals surface area contributed by atoms with Gasteiger partial charge >= 0.3 is 0 Å². The lowest BCUT2D eigenvalue weighted by molar-refractivity contribution is -0.131. The summed E-state index contributed by atoms with van der Waals surface area (Å²) in [4.78, 5) is 27.6. The van der Waals surface area contributed by atoms with Gasteiger partial charge in [-0.3, -0.25) is 14.3 Å². The van der Waals surface area contributed by atoms with Crippen molar-refractivity contribution in [1.82, 2.24) is 14.7 Å². The highest BCUT2D eigenvalue weighted by Gasteiger charge is 2.37. The van der Waals surface area contributed by atoms with Crippen molar-refractivity contribution in [2.45, 2.75) is 38.1 Å². The van der Waals surface area contributed by atoms with Crippen molar-refractivity contribution in [3.05, 3.63) is 12.4 Å². The Morgan fingerprint density at radius 3 is 2.81 bits per heavy atom. The minimum atomic E-state index is 0.187. The molecule has 0 aromatic carbocycles. The maximum Gasteiger partial charge on any atom is 0.227 e. The molecule has 0 N–H and O–H groups in total. The van der Waals surface area contributed by atoms with E-state index in [4.69, 9.17) is 0 Å². The lowest BCUT2D eigenvalue weighted by atomic mass is 10.3. The van der Waals surface area contributed by atoms with Gasteiger partial charge in [-0.1, -0.05) is 0 Å². The van der Waals surface area contributed by atoms with Crippen molar-refractivity contribution in [1.29, 1.82) is 0 Å². The van der Waals surface area contributed by atoms with Gasteiger partial charge in [0.1, 0.15) is 0 Å². The second-order valence-electron chi connectivity index (χ2n) is 6.33. The van der Waals surface area contributed by atoms with Gasteiger partial charge in [0.05, 0.1) is 17.9 Å². The fraction of sp³-hybridized carbons (Fsp3) is 0.667. The molecule has 4 rings (SSSR count). The molecular weight excluding hydrogens is 268 g/mol. The van der Waals surface area contributed by atoms with Gasteiger partial charge in [0, 0.05) is 38.2 Å². The summed E-state index contributed by atoms with van der Waals surface area (Å²) < 4.78 is 1.93. The second-order valence-corrected chi connectivity index (χ2v) is 6.33. The first-order valence-corrected chi connectivity index (χ1v) is 7.85. The molecule has 1 atom stereocenters. The number of carbonyl (C=O) groups excluding carboxylic acids is 2. The quantitative estimate of drug-likeness (QED) is 0.839. The minimum absolute atomic E-state index is 0.187. The average Bonchev–Trinajstić information content (AvgIpc) is 2.91. The Bertz CT molecular complexity index is 578. The Kier molecular flexibility index (Phi) is 2.97. The minimum Gasteiger partial charge on any atom is -0.340 e. The summed E-state index contributed by atoms with van der Waals surface area (Å²) in [5.74, 6) is 0.797. The van der Waals surface area contributed by atoms with Crippen LogP contribution in [-0.4, -0.2) is 46.1 Å². The molecule has 112 valence electrons. The van der Waals surface area contributed by atoms with Crippen molar-refractivity contribution in [2.24, 2.45) is 5.92 Å². The van der Waals surface area contributed by atoms with Crippen LogP contribution < -0.4 is 4.90 Å². The van der Waals surface area contributed by atoms with Crippen molar-refractivity contribution in [2.75, 3.05) is 24.5 Å². The predicted octanol–water partition coefficient (Wildman–Crippen LogP) is 1.19. The molecule has 2 aliphatic heterocycles. The normalized spacial score (nSPS) is 25.9. The molecule has 2 amide bonds. The van der Waals surface area contributed by atoms with Crippen LogP contribution in [0.4, 0.5) is 5.69 Å². The Labute approximate surface area is 123 Å². The highest BCUT2D eigenvalue weighted by Crippen LogP contribution is 2.34. The van der Waals surface area contributed by atoms with Crippen LogP contribution in [0.3, 0.4) is 0 Å². The molecule has 6 heteroatoms. The van der Waals surface area contributed by atoms with Gasteiger partial charge in [-0.15, -0.1) is 0 Å². The molecule has 1 unspecified atom stereocenters. The Balaban J connectivity index is 1.44. The van der Waals surface area contributed by atoms with Gasteiger partial charge in [-0.05, 0) is 25.7 Å². The van der Waals surface area contributed by atoms with Crippen molar-refractivity contribution >= 4 is 17.5 Å². The van der Waals surface area contributed by atoms with Gasteiger partial charge in [-0.25, -0.2) is 0 Å². The van der Waals surface area contributed by atoms with Crippen molar-refractivity contribution in [3.8, 4) is 0 Å². The van der Waals surface area contributed by atoms with E-state index in [0.29, 0.717) is 18.2 Å². The molecule has 3 heterocycles. The summed E-state index contributed by atoms with van der Waals surface area (Å²) in [6.07, 6.45) is 8.36. The summed E-state index contributed by atoms with van der Waals surface area (Å²) >= 11 is 0. The van der Waals surface area contributed by atoms with E-state index >= 15 is 0 Å². The van der Waals surface area contributed by atoms with Crippen LogP contribution >= 0.6 is 0 Å². The van der Waals surface area contributed by atoms with E-state index in [2.05, 4.69) is 5.10 Å². The van der Waals surface area contributed by atoms with E-state index < -0.39 is 0 Å². The van der Waals surface area contributed by atoms with Crippen LogP contribution in [0.5, 0.6) is 0 Å². The molecule has 0 bridgehead atoms. The van der Waals surface area contributed by atoms with Gasteiger partial charge in [0.25, 0.3) is 0 Å². The summed E-state index contributed by atoms with van der Waals surface area (Å²) in [6.45, 7) is 2.38. The average molecular weight is 288 g/mol. The Morgan fingerprint density at radius 2 is 2.10 bits per heavy atom. The number of anilines is 1. The summed E-state index contributed by atoms with van der Waals surface area (Å²) in [6, 6.07) is 0.249. The zero-order valence-electron chi connectivity index (χ0n) is 12.1. The van der Waals surface area contributed by atoms with Gasteiger partial charge < -0.3 is 9.80 Å².